The molecule has 0 amide bonds. The highest BCUT2D eigenvalue weighted by Gasteiger charge is 2.26. The average Bonchev–Trinajstić information content (AvgIpc) is 3.19. The molecular weight excluding hydrogens is 427 g/mol. The number of nitrogens with zero attached hydrogens (tertiary/aromatic N) is 2. The summed E-state index contributed by atoms with van der Waals surface area (Å²) in [6.07, 6.45) is 4.67. The lowest BCUT2D eigenvalue weighted by Gasteiger charge is -2.21. The topological polar surface area (TPSA) is 44.1 Å². The second-order valence-corrected chi connectivity index (χ2v) is 8.88. The molecule has 1 aromatic heterocycles. The van der Waals surface area contributed by atoms with Crippen molar-refractivity contribution in [2.24, 2.45) is 0 Å². The van der Waals surface area contributed by atoms with E-state index in [0.717, 1.165) is 35.2 Å². The number of ether oxygens (including phenoxy) is 1. The van der Waals surface area contributed by atoms with Crippen LogP contribution in [0.2, 0.25) is 0 Å². The summed E-state index contributed by atoms with van der Waals surface area (Å²) in [6, 6.07) is 21.7. The van der Waals surface area contributed by atoms with E-state index in [2.05, 4.69) is 25.1 Å². The van der Waals surface area contributed by atoms with Crippen molar-refractivity contribution in [2.75, 3.05) is 0 Å². The van der Waals surface area contributed by atoms with E-state index >= 15 is 0 Å². The number of esters is 1. The maximum absolute atomic E-state index is 13.4. The second kappa shape index (κ2) is 9.26. The number of rotatable bonds is 5. The molecule has 1 heterocycles. The van der Waals surface area contributed by atoms with Crippen LogP contribution < -0.4 is 4.74 Å². The molecule has 4 aromatic rings. The van der Waals surface area contributed by atoms with Gasteiger partial charge in [0.1, 0.15) is 5.82 Å². The molecule has 0 saturated heterocycles. The van der Waals surface area contributed by atoms with Gasteiger partial charge in [0, 0.05) is 0 Å². The van der Waals surface area contributed by atoms with E-state index in [1.807, 2.05) is 37.3 Å². The predicted octanol–water partition coefficient (Wildman–Crippen LogP) is 6.70. The summed E-state index contributed by atoms with van der Waals surface area (Å²) in [7, 11) is 0. The van der Waals surface area contributed by atoms with E-state index in [4.69, 9.17) is 9.84 Å². The fourth-order valence-corrected chi connectivity index (χ4v) is 4.71. The van der Waals surface area contributed by atoms with E-state index in [-0.39, 0.29) is 11.6 Å². The van der Waals surface area contributed by atoms with Crippen molar-refractivity contribution in [1.29, 1.82) is 0 Å². The first kappa shape index (κ1) is 22.1. The molecule has 0 N–H and O–H groups in total. The van der Waals surface area contributed by atoms with Crippen molar-refractivity contribution < 1.29 is 13.9 Å². The second-order valence-electron chi connectivity index (χ2n) is 8.88. The number of benzene rings is 3. The Bertz CT molecular complexity index is 1330. The smallest absolute Gasteiger partial charge is 0.344 e. The Hall–Kier alpha value is -3.73. The van der Waals surface area contributed by atoms with Gasteiger partial charge < -0.3 is 4.74 Å². The van der Waals surface area contributed by atoms with Crippen LogP contribution in [0.15, 0.2) is 72.8 Å². The number of halogens is 1. The third-order valence-corrected chi connectivity index (χ3v) is 6.60. The van der Waals surface area contributed by atoms with Crippen molar-refractivity contribution in [1.82, 2.24) is 9.78 Å². The minimum Gasteiger partial charge on any atom is -0.403 e. The molecular formula is C29H27FN2O2. The van der Waals surface area contributed by atoms with Gasteiger partial charge in [-0.15, -0.1) is 0 Å². The number of carbonyl (C=O) groups excluding carboxylic acids is 1. The average molecular weight is 455 g/mol. The van der Waals surface area contributed by atoms with Crippen LogP contribution in [0, 0.1) is 12.7 Å². The summed E-state index contributed by atoms with van der Waals surface area (Å²) in [5.74, 6) is -0.553. The molecule has 0 radical (unpaired) electrons. The van der Waals surface area contributed by atoms with Gasteiger partial charge in [0.05, 0.1) is 22.9 Å². The van der Waals surface area contributed by atoms with Crippen molar-refractivity contribution in [3.05, 3.63) is 107 Å². The third kappa shape index (κ3) is 4.26. The Kier molecular flexibility index (Phi) is 6.01. The molecule has 1 unspecified atom stereocenters. The first-order chi connectivity index (χ1) is 16.5. The number of hydrogen-bond donors (Lipinski definition) is 0. The van der Waals surface area contributed by atoms with E-state index in [0.29, 0.717) is 5.88 Å². The number of hydrogen-bond acceptors (Lipinski definition) is 3. The quantitative estimate of drug-likeness (QED) is 0.315. The van der Waals surface area contributed by atoms with Gasteiger partial charge in [0.2, 0.25) is 5.88 Å². The molecule has 5 heteroatoms. The van der Waals surface area contributed by atoms with Gasteiger partial charge in [-0.05, 0) is 86.1 Å². The fourth-order valence-electron chi connectivity index (χ4n) is 4.71. The standard InChI is InChI=1S/C29H27FN2O2/c1-19-27(22-9-4-3-5-10-22)28(34-29(33)23-14-16-26(30)17-15-23)32(31-19)20(2)24-13-12-21-8-6-7-11-25(21)18-24/h3-5,9-10,12-18,20H,6-8,11H2,1-2H3. The van der Waals surface area contributed by atoms with Crippen molar-refractivity contribution in [3.63, 3.8) is 0 Å². The highest BCUT2D eigenvalue weighted by Crippen LogP contribution is 2.37. The van der Waals surface area contributed by atoms with Gasteiger partial charge in [-0.3, -0.25) is 0 Å². The van der Waals surface area contributed by atoms with Crippen LogP contribution in [-0.4, -0.2) is 15.7 Å². The molecule has 0 bridgehead atoms. The summed E-state index contributed by atoms with van der Waals surface area (Å²) in [4.78, 5) is 13.0. The molecule has 34 heavy (non-hydrogen) atoms. The zero-order valence-electron chi connectivity index (χ0n) is 19.4. The van der Waals surface area contributed by atoms with Crippen LogP contribution in [0.5, 0.6) is 5.88 Å². The summed E-state index contributed by atoms with van der Waals surface area (Å²) >= 11 is 0. The minimum absolute atomic E-state index is 0.139. The molecule has 0 fully saturated rings. The highest BCUT2D eigenvalue weighted by molar-refractivity contribution is 5.92. The lowest BCUT2D eigenvalue weighted by Crippen LogP contribution is -2.16. The molecule has 1 aliphatic carbocycles. The molecule has 1 aliphatic rings. The molecule has 0 saturated carbocycles. The van der Waals surface area contributed by atoms with Gasteiger partial charge in [-0.25, -0.2) is 13.9 Å². The van der Waals surface area contributed by atoms with Gasteiger partial charge in [-0.2, -0.15) is 5.10 Å². The number of carbonyl (C=O) groups is 1. The summed E-state index contributed by atoms with van der Waals surface area (Å²) in [6.45, 7) is 3.99. The molecule has 4 nitrogen and oxygen atoms in total. The van der Waals surface area contributed by atoms with Gasteiger partial charge in [0.15, 0.2) is 0 Å². The number of fused-ring (bicyclic) bond motifs is 1. The first-order valence-corrected chi connectivity index (χ1v) is 11.7. The maximum atomic E-state index is 13.4. The molecule has 172 valence electrons. The van der Waals surface area contributed by atoms with Crippen LogP contribution in [0.3, 0.4) is 0 Å². The van der Waals surface area contributed by atoms with Crippen molar-refractivity contribution in [3.8, 4) is 17.0 Å². The monoisotopic (exact) mass is 454 g/mol. The lowest BCUT2D eigenvalue weighted by atomic mass is 9.89. The summed E-state index contributed by atoms with van der Waals surface area (Å²) < 4.78 is 21.1. The summed E-state index contributed by atoms with van der Waals surface area (Å²) in [5.41, 5.74) is 6.71. The maximum Gasteiger partial charge on any atom is 0.344 e. The van der Waals surface area contributed by atoms with Gasteiger partial charge in [0.25, 0.3) is 0 Å². The Morgan fingerprint density at radius 3 is 2.41 bits per heavy atom. The zero-order valence-corrected chi connectivity index (χ0v) is 19.4. The van der Waals surface area contributed by atoms with Gasteiger partial charge in [-0.1, -0.05) is 48.5 Å². The minimum atomic E-state index is -0.545. The zero-order chi connectivity index (χ0) is 23.7. The first-order valence-electron chi connectivity index (χ1n) is 11.7. The van der Waals surface area contributed by atoms with Crippen molar-refractivity contribution >= 4 is 5.97 Å². The SMILES string of the molecule is Cc1nn(C(C)c2ccc3c(c2)CCCC3)c(OC(=O)c2ccc(F)cc2)c1-c1ccccc1. The Morgan fingerprint density at radius 1 is 0.971 bits per heavy atom. The lowest BCUT2D eigenvalue weighted by molar-refractivity contribution is 0.0717. The van der Waals surface area contributed by atoms with Crippen LogP contribution in [0.25, 0.3) is 11.1 Å². The number of aryl methyl sites for hydroxylation is 3. The van der Waals surface area contributed by atoms with E-state index in [1.165, 1.54) is 48.2 Å². The molecule has 0 spiro atoms. The predicted molar refractivity (Wildman–Crippen MR) is 131 cm³/mol. The summed E-state index contributed by atoms with van der Waals surface area (Å²) in [5, 5.41) is 4.82. The number of aromatic nitrogens is 2. The molecule has 0 aliphatic heterocycles. The molecule has 5 rings (SSSR count). The van der Waals surface area contributed by atoms with Crippen molar-refractivity contribution in [2.45, 2.75) is 45.6 Å². The highest BCUT2D eigenvalue weighted by atomic mass is 19.1. The normalized spacial score (nSPS) is 13.9. The van der Waals surface area contributed by atoms with E-state index in [1.54, 1.807) is 4.68 Å². The van der Waals surface area contributed by atoms with Crippen LogP contribution in [-0.2, 0) is 12.8 Å². The Balaban J connectivity index is 1.58. The Morgan fingerprint density at radius 2 is 1.68 bits per heavy atom. The Labute approximate surface area is 199 Å². The van der Waals surface area contributed by atoms with Gasteiger partial charge >= 0.3 is 5.97 Å². The van der Waals surface area contributed by atoms with E-state index in [9.17, 15) is 9.18 Å². The van der Waals surface area contributed by atoms with Crippen LogP contribution in [0.1, 0.15) is 58.5 Å². The molecule has 1 atom stereocenters. The van der Waals surface area contributed by atoms with Crippen LogP contribution in [0.4, 0.5) is 4.39 Å². The molecule has 3 aromatic carbocycles. The largest absolute Gasteiger partial charge is 0.403 e. The third-order valence-electron chi connectivity index (χ3n) is 6.60. The fraction of sp³-hybridized carbons (Fsp3) is 0.241. The van der Waals surface area contributed by atoms with E-state index < -0.39 is 11.8 Å². The van der Waals surface area contributed by atoms with Crippen LogP contribution >= 0.6 is 0 Å².